The highest BCUT2D eigenvalue weighted by Gasteiger charge is 2.44. The Bertz CT molecular complexity index is 860. The van der Waals surface area contributed by atoms with Gasteiger partial charge in [-0.25, -0.2) is 0 Å². The van der Waals surface area contributed by atoms with Gasteiger partial charge >= 0.3 is 6.18 Å². The number of alkyl halides is 3. The molecular formula is C19H17F3N2O2. The number of aryl methyl sites for hydroxylation is 1. The molecule has 3 N–H and O–H groups in total. The van der Waals surface area contributed by atoms with Crippen LogP contribution in [0.25, 0.3) is 0 Å². The molecule has 26 heavy (non-hydrogen) atoms. The van der Waals surface area contributed by atoms with Crippen molar-refractivity contribution in [1.29, 1.82) is 0 Å². The summed E-state index contributed by atoms with van der Waals surface area (Å²) in [5.74, 6) is -1.37. The summed E-state index contributed by atoms with van der Waals surface area (Å²) in [4.78, 5) is 24.0. The highest BCUT2D eigenvalue weighted by Crippen LogP contribution is 2.48. The van der Waals surface area contributed by atoms with Crippen molar-refractivity contribution in [2.24, 2.45) is 11.7 Å². The molecular weight excluding hydrogens is 345 g/mol. The zero-order valence-electron chi connectivity index (χ0n) is 13.9. The molecule has 2 atom stereocenters. The summed E-state index contributed by atoms with van der Waals surface area (Å²) in [6, 6.07) is 9.88. The van der Waals surface area contributed by atoms with Crippen LogP contribution in [0.1, 0.15) is 39.4 Å². The number of nitrogens with two attached hydrogens (primary N) is 1. The van der Waals surface area contributed by atoms with Crippen LogP contribution in [0.2, 0.25) is 0 Å². The lowest BCUT2D eigenvalue weighted by Crippen LogP contribution is -2.20. The van der Waals surface area contributed by atoms with Gasteiger partial charge in [0, 0.05) is 5.92 Å². The molecule has 0 bridgehead atoms. The van der Waals surface area contributed by atoms with Crippen LogP contribution in [0, 0.1) is 12.8 Å². The van der Waals surface area contributed by atoms with Gasteiger partial charge in [0.15, 0.2) is 0 Å². The Labute approximate surface area is 148 Å². The topological polar surface area (TPSA) is 72.2 Å². The minimum Gasteiger partial charge on any atom is -0.366 e. The van der Waals surface area contributed by atoms with E-state index < -0.39 is 17.6 Å². The van der Waals surface area contributed by atoms with E-state index in [2.05, 4.69) is 5.32 Å². The molecule has 7 heteroatoms. The molecule has 0 heterocycles. The molecule has 2 amide bonds. The van der Waals surface area contributed by atoms with Crippen molar-refractivity contribution >= 4 is 17.5 Å². The van der Waals surface area contributed by atoms with Crippen LogP contribution in [0.4, 0.5) is 18.9 Å². The van der Waals surface area contributed by atoms with Gasteiger partial charge in [-0.3, -0.25) is 9.59 Å². The third kappa shape index (κ3) is 3.56. The highest BCUT2D eigenvalue weighted by atomic mass is 19.4. The maximum atomic E-state index is 12.6. The smallest absolute Gasteiger partial charge is 0.366 e. The number of hydrogen-bond donors (Lipinski definition) is 2. The number of hydrogen-bond acceptors (Lipinski definition) is 2. The van der Waals surface area contributed by atoms with Gasteiger partial charge in [0.1, 0.15) is 0 Å². The van der Waals surface area contributed by atoms with Crippen LogP contribution in [-0.2, 0) is 11.0 Å². The van der Waals surface area contributed by atoms with Crippen LogP contribution in [0.3, 0.4) is 0 Å². The molecule has 0 aliphatic heterocycles. The van der Waals surface area contributed by atoms with Crippen LogP contribution < -0.4 is 11.1 Å². The summed E-state index contributed by atoms with van der Waals surface area (Å²) < 4.78 is 37.9. The summed E-state index contributed by atoms with van der Waals surface area (Å²) in [5, 5.41) is 2.71. The second kappa shape index (κ2) is 6.48. The van der Waals surface area contributed by atoms with Crippen molar-refractivity contribution in [2.75, 3.05) is 5.32 Å². The molecule has 0 spiro atoms. The summed E-state index contributed by atoms with van der Waals surface area (Å²) in [6.07, 6.45) is -3.83. The molecule has 1 aliphatic rings. The predicted molar refractivity (Wildman–Crippen MR) is 90.6 cm³/mol. The summed E-state index contributed by atoms with van der Waals surface area (Å²) in [6.45, 7) is 1.72. The van der Waals surface area contributed by atoms with E-state index in [-0.39, 0.29) is 23.3 Å². The number of nitrogens with one attached hydrogen (secondary N) is 1. The van der Waals surface area contributed by atoms with Gasteiger partial charge < -0.3 is 11.1 Å². The Morgan fingerprint density at radius 3 is 2.35 bits per heavy atom. The molecule has 1 aliphatic carbocycles. The molecule has 136 valence electrons. The van der Waals surface area contributed by atoms with Crippen LogP contribution in [0.5, 0.6) is 0 Å². The van der Waals surface area contributed by atoms with Gasteiger partial charge in [0.2, 0.25) is 5.91 Å². The quantitative estimate of drug-likeness (QED) is 0.867. The molecule has 2 unspecified atom stereocenters. The first-order valence-electron chi connectivity index (χ1n) is 8.06. The average Bonchev–Trinajstić information content (AvgIpc) is 3.34. The van der Waals surface area contributed by atoms with Crippen molar-refractivity contribution in [3.63, 3.8) is 0 Å². The molecule has 1 fully saturated rings. The number of carbonyl (C=O) groups excluding carboxylic acids is 2. The second-order valence-corrected chi connectivity index (χ2v) is 6.42. The normalized spacial score (nSPS) is 19.1. The lowest BCUT2D eigenvalue weighted by atomic mass is 10.0. The molecule has 0 aromatic heterocycles. The van der Waals surface area contributed by atoms with E-state index in [0.29, 0.717) is 23.2 Å². The van der Waals surface area contributed by atoms with E-state index in [9.17, 15) is 22.8 Å². The fourth-order valence-electron chi connectivity index (χ4n) is 3.10. The van der Waals surface area contributed by atoms with E-state index in [1.54, 1.807) is 25.1 Å². The zero-order valence-corrected chi connectivity index (χ0v) is 13.9. The zero-order chi connectivity index (χ0) is 19.1. The summed E-state index contributed by atoms with van der Waals surface area (Å²) in [7, 11) is 0. The predicted octanol–water partition coefficient (Wildman–Crippen LogP) is 3.85. The van der Waals surface area contributed by atoms with Gasteiger partial charge in [-0.1, -0.05) is 24.3 Å². The van der Waals surface area contributed by atoms with Crippen molar-refractivity contribution in [2.45, 2.75) is 25.4 Å². The fourth-order valence-corrected chi connectivity index (χ4v) is 3.10. The minimum atomic E-state index is -4.38. The first kappa shape index (κ1) is 18.0. The van der Waals surface area contributed by atoms with Crippen LogP contribution >= 0.6 is 0 Å². The maximum Gasteiger partial charge on any atom is 0.416 e. The maximum absolute atomic E-state index is 12.6. The van der Waals surface area contributed by atoms with Gasteiger partial charge in [-0.2, -0.15) is 13.2 Å². The number of halogens is 3. The number of carbonyl (C=O) groups is 2. The van der Waals surface area contributed by atoms with E-state index in [4.69, 9.17) is 5.73 Å². The Morgan fingerprint density at radius 1 is 1.12 bits per heavy atom. The molecule has 2 aromatic rings. The summed E-state index contributed by atoms with van der Waals surface area (Å²) >= 11 is 0. The fraction of sp³-hybridized carbons (Fsp3) is 0.263. The third-order valence-electron chi connectivity index (χ3n) is 4.57. The Kier molecular flexibility index (Phi) is 4.48. The molecule has 2 aromatic carbocycles. The molecule has 3 rings (SSSR count). The van der Waals surface area contributed by atoms with Gasteiger partial charge in [0.05, 0.1) is 16.8 Å². The van der Waals surface area contributed by atoms with Gasteiger partial charge in [-0.15, -0.1) is 0 Å². The molecule has 0 saturated heterocycles. The number of primary amides is 1. The lowest BCUT2D eigenvalue weighted by Gasteiger charge is -2.11. The Morgan fingerprint density at radius 2 is 1.77 bits per heavy atom. The van der Waals surface area contributed by atoms with E-state index in [1.807, 2.05) is 0 Å². The monoisotopic (exact) mass is 362 g/mol. The third-order valence-corrected chi connectivity index (χ3v) is 4.57. The van der Waals surface area contributed by atoms with E-state index in [0.717, 1.165) is 12.1 Å². The van der Waals surface area contributed by atoms with Gasteiger partial charge in [0.25, 0.3) is 5.91 Å². The largest absolute Gasteiger partial charge is 0.416 e. The van der Waals surface area contributed by atoms with Crippen molar-refractivity contribution < 1.29 is 22.8 Å². The van der Waals surface area contributed by atoms with Crippen molar-refractivity contribution in [3.8, 4) is 0 Å². The standard InChI is InChI=1S/C19H17F3N2O2/c1-10-3-2-4-15(16(10)17(23)25)24-18(26)14-9-13(14)11-5-7-12(8-6-11)19(20,21)22/h2-8,13-14H,9H2,1H3,(H2,23,25)(H,24,26). The first-order valence-corrected chi connectivity index (χ1v) is 8.06. The molecule has 4 nitrogen and oxygen atoms in total. The van der Waals surface area contributed by atoms with Crippen LogP contribution in [-0.4, -0.2) is 11.8 Å². The Hall–Kier alpha value is -2.83. The average molecular weight is 362 g/mol. The number of rotatable bonds is 4. The SMILES string of the molecule is Cc1cccc(NC(=O)C2CC2c2ccc(C(F)(F)F)cc2)c1C(N)=O. The number of amides is 2. The number of anilines is 1. The van der Waals surface area contributed by atoms with Crippen molar-refractivity contribution in [1.82, 2.24) is 0 Å². The lowest BCUT2D eigenvalue weighted by molar-refractivity contribution is -0.137. The highest BCUT2D eigenvalue weighted by molar-refractivity contribution is 6.05. The van der Waals surface area contributed by atoms with E-state index >= 15 is 0 Å². The molecule has 1 saturated carbocycles. The number of benzene rings is 2. The van der Waals surface area contributed by atoms with Crippen LogP contribution in [0.15, 0.2) is 42.5 Å². The van der Waals surface area contributed by atoms with E-state index in [1.165, 1.54) is 12.1 Å². The summed E-state index contributed by atoms with van der Waals surface area (Å²) in [5.41, 5.74) is 6.61. The van der Waals surface area contributed by atoms with Crippen molar-refractivity contribution in [3.05, 3.63) is 64.7 Å². The second-order valence-electron chi connectivity index (χ2n) is 6.42. The first-order chi connectivity index (χ1) is 12.2. The Balaban J connectivity index is 1.71. The van der Waals surface area contributed by atoms with Gasteiger partial charge in [-0.05, 0) is 48.6 Å². The minimum absolute atomic E-state index is 0.126. The molecule has 0 radical (unpaired) electrons.